The molecule has 0 heterocycles. The van der Waals surface area contributed by atoms with Gasteiger partial charge in [0.05, 0.1) is 10.4 Å². The second-order valence-corrected chi connectivity index (χ2v) is 4.85. The maximum atomic E-state index is 13.3. The highest BCUT2D eigenvalue weighted by molar-refractivity contribution is 6.33. The molecule has 0 aliphatic heterocycles. The van der Waals surface area contributed by atoms with Crippen molar-refractivity contribution in [1.29, 1.82) is 0 Å². The molecule has 2 rings (SSSR count). The molecule has 94 valence electrons. The number of halogens is 4. The Morgan fingerprint density at radius 2 is 1.67 bits per heavy atom. The standard InChI is InChI=1S/C14H10Cl2F2/c15-12(8-9-4-6-10(17)7-5-9)11-2-1-3-13(18)14(11)16/h1-7,12H,8H2. The summed E-state index contributed by atoms with van der Waals surface area (Å²) in [6.45, 7) is 0. The number of hydrogen-bond acceptors (Lipinski definition) is 0. The molecule has 1 atom stereocenters. The van der Waals surface area contributed by atoms with E-state index in [9.17, 15) is 8.78 Å². The first-order chi connectivity index (χ1) is 8.58. The summed E-state index contributed by atoms with van der Waals surface area (Å²) in [5.74, 6) is -0.785. The van der Waals surface area contributed by atoms with Gasteiger partial charge >= 0.3 is 0 Å². The number of hydrogen-bond donors (Lipinski definition) is 0. The minimum atomic E-state index is -0.487. The summed E-state index contributed by atoms with van der Waals surface area (Å²) in [5.41, 5.74) is 1.42. The summed E-state index contributed by atoms with van der Waals surface area (Å²) in [5, 5.41) is -0.404. The number of alkyl halides is 1. The van der Waals surface area contributed by atoms with Crippen molar-refractivity contribution < 1.29 is 8.78 Å². The fourth-order valence-corrected chi connectivity index (χ4v) is 2.37. The molecular weight excluding hydrogens is 277 g/mol. The van der Waals surface area contributed by atoms with Crippen LogP contribution in [0.15, 0.2) is 42.5 Å². The summed E-state index contributed by atoms with van der Waals surface area (Å²) in [6.07, 6.45) is 0.463. The smallest absolute Gasteiger partial charge is 0.142 e. The highest BCUT2D eigenvalue weighted by atomic mass is 35.5. The molecule has 0 bridgehead atoms. The molecule has 0 radical (unpaired) electrons. The number of rotatable bonds is 3. The third kappa shape index (κ3) is 3.01. The molecule has 0 nitrogen and oxygen atoms in total. The Kier molecular flexibility index (Phi) is 4.20. The van der Waals surface area contributed by atoms with E-state index in [-0.39, 0.29) is 10.8 Å². The largest absolute Gasteiger partial charge is 0.207 e. The van der Waals surface area contributed by atoms with Gasteiger partial charge in [-0.2, -0.15) is 0 Å². The Labute approximate surface area is 114 Å². The second-order valence-electron chi connectivity index (χ2n) is 3.94. The summed E-state index contributed by atoms with van der Waals surface area (Å²) in [7, 11) is 0. The topological polar surface area (TPSA) is 0 Å². The lowest BCUT2D eigenvalue weighted by Gasteiger charge is -2.12. The molecule has 1 unspecified atom stereocenters. The van der Waals surface area contributed by atoms with E-state index in [1.54, 1.807) is 24.3 Å². The zero-order valence-corrected chi connectivity index (χ0v) is 10.8. The molecule has 18 heavy (non-hydrogen) atoms. The molecule has 0 fully saturated rings. The zero-order valence-electron chi connectivity index (χ0n) is 9.34. The van der Waals surface area contributed by atoms with Gasteiger partial charge in [-0.3, -0.25) is 0 Å². The van der Waals surface area contributed by atoms with Crippen molar-refractivity contribution in [1.82, 2.24) is 0 Å². The van der Waals surface area contributed by atoms with Gasteiger partial charge in [0.25, 0.3) is 0 Å². The van der Waals surface area contributed by atoms with Gasteiger partial charge in [0.15, 0.2) is 0 Å². The fraction of sp³-hybridized carbons (Fsp3) is 0.143. The van der Waals surface area contributed by atoms with Gasteiger partial charge in [0.2, 0.25) is 0 Å². The lowest BCUT2D eigenvalue weighted by molar-refractivity contribution is 0.624. The average molecular weight is 287 g/mol. The molecule has 0 amide bonds. The third-order valence-electron chi connectivity index (χ3n) is 2.65. The summed E-state index contributed by atoms with van der Waals surface area (Å²) >= 11 is 12.1. The van der Waals surface area contributed by atoms with Gasteiger partial charge in [-0.15, -0.1) is 11.6 Å². The van der Waals surface area contributed by atoms with Crippen LogP contribution in [0.4, 0.5) is 8.78 Å². The van der Waals surface area contributed by atoms with Crippen LogP contribution < -0.4 is 0 Å². The molecule has 2 aromatic carbocycles. The van der Waals surface area contributed by atoms with Crippen molar-refractivity contribution in [2.24, 2.45) is 0 Å². The van der Waals surface area contributed by atoms with Crippen molar-refractivity contribution in [3.05, 3.63) is 70.2 Å². The Balaban J connectivity index is 2.19. The molecule has 4 heteroatoms. The van der Waals surface area contributed by atoms with Crippen LogP contribution in [-0.4, -0.2) is 0 Å². The normalized spacial score (nSPS) is 12.4. The molecule has 0 aliphatic carbocycles. The van der Waals surface area contributed by atoms with Gasteiger partial charge in [-0.25, -0.2) is 8.78 Å². The predicted octanol–water partition coefficient (Wildman–Crippen LogP) is 5.14. The van der Waals surface area contributed by atoms with Crippen LogP contribution in [0.25, 0.3) is 0 Å². The van der Waals surface area contributed by atoms with Gasteiger partial charge in [0, 0.05) is 0 Å². The first kappa shape index (κ1) is 13.3. The molecule has 0 aliphatic rings. The van der Waals surface area contributed by atoms with Gasteiger partial charge < -0.3 is 0 Å². The van der Waals surface area contributed by atoms with Crippen LogP contribution in [0.2, 0.25) is 5.02 Å². The van der Waals surface area contributed by atoms with Gasteiger partial charge in [0.1, 0.15) is 11.6 Å². The predicted molar refractivity (Wildman–Crippen MR) is 70.1 cm³/mol. The molecular formula is C14H10Cl2F2. The Bertz CT molecular complexity index is 538. The molecule has 0 saturated carbocycles. The van der Waals surface area contributed by atoms with Gasteiger partial charge in [-0.1, -0.05) is 35.9 Å². The maximum Gasteiger partial charge on any atom is 0.142 e. The zero-order chi connectivity index (χ0) is 13.1. The van der Waals surface area contributed by atoms with Crippen molar-refractivity contribution in [2.75, 3.05) is 0 Å². The number of benzene rings is 2. The maximum absolute atomic E-state index is 13.3. The van der Waals surface area contributed by atoms with E-state index < -0.39 is 11.2 Å². The van der Waals surface area contributed by atoms with E-state index >= 15 is 0 Å². The molecule has 0 aromatic heterocycles. The van der Waals surface area contributed by atoms with E-state index in [0.29, 0.717) is 12.0 Å². The Morgan fingerprint density at radius 1 is 1.00 bits per heavy atom. The lowest BCUT2D eigenvalue weighted by Crippen LogP contribution is -1.98. The van der Waals surface area contributed by atoms with Crippen molar-refractivity contribution in [3.8, 4) is 0 Å². The van der Waals surface area contributed by atoms with Crippen LogP contribution in [0.5, 0.6) is 0 Å². The van der Waals surface area contributed by atoms with E-state index in [2.05, 4.69) is 0 Å². The SMILES string of the molecule is Fc1ccc(CC(Cl)c2cccc(F)c2Cl)cc1. The first-order valence-corrected chi connectivity index (χ1v) is 6.22. The average Bonchev–Trinajstić information content (AvgIpc) is 2.35. The fourth-order valence-electron chi connectivity index (χ4n) is 1.70. The van der Waals surface area contributed by atoms with Gasteiger partial charge in [-0.05, 0) is 35.7 Å². The Hall–Kier alpha value is -1.12. The van der Waals surface area contributed by atoms with Crippen molar-refractivity contribution in [3.63, 3.8) is 0 Å². The first-order valence-electron chi connectivity index (χ1n) is 5.40. The molecule has 0 spiro atoms. The molecule has 2 aromatic rings. The van der Waals surface area contributed by atoms with E-state index in [1.807, 2.05) is 0 Å². The minimum absolute atomic E-state index is 0.0413. The van der Waals surface area contributed by atoms with E-state index in [0.717, 1.165) is 5.56 Å². The van der Waals surface area contributed by atoms with Crippen molar-refractivity contribution in [2.45, 2.75) is 11.8 Å². The van der Waals surface area contributed by atoms with Crippen LogP contribution in [0.1, 0.15) is 16.5 Å². The summed E-state index contributed by atoms with van der Waals surface area (Å²) in [4.78, 5) is 0. The van der Waals surface area contributed by atoms with Crippen LogP contribution in [0, 0.1) is 11.6 Å². The molecule has 0 saturated heterocycles. The van der Waals surface area contributed by atoms with Crippen LogP contribution >= 0.6 is 23.2 Å². The monoisotopic (exact) mass is 286 g/mol. The highest BCUT2D eigenvalue weighted by Gasteiger charge is 2.15. The molecule has 0 N–H and O–H groups in total. The minimum Gasteiger partial charge on any atom is -0.207 e. The quantitative estimate of drug-likeness (QED) is 0.685. The van der Waals surface area contributed by atoms with Crippen LogP contribution in [0.3, 0.4) is 0 Å². The Morgan fingerprint density at radius 3 is 2.33 bits per heavy atom. The van der Waals surface area contributed by atoms with E-state index in [4.69, 9.17) is 23.2 Å². The second kappa shape index (κ2) is 5.68. The van der Waals surface area contributed by atoms with E-state index in [1.165, 1.54) is 18.2 Å². The lowest BCUT2D eigenvalue weighted by atomic mass is 10.0. The summed E-state index contributed by atoms with van der Waals surface area (Å²) < 4.78 is 26.1. The van der Waals surface area contributed by atoms with Crippen molar-refractivity contribution >= 4 is 23.2 Å². The summed E-state index contributed by atoms with van der Waals surface area (Å²) in [6, 6.07) is 10.6. The highest BCUT2D eigenvalue weighted by Crippen LogP contribution is 2.32. The van der Waals surface area contributed by atoms with Crippen LogP contribution in [-0.2, 0) is 6.42 Å². The third-order valence-corrected chi connectivity index (χ3v) is 3.44.